The van der Waals surface area contributed by atoms with Crippen LogP contribution in [0, 0.1) is 0 Å². The second kappa shape index (κ2) is 8.23. The van der Waals surface area contributed by atoms with Crippen molar-refractivity contribution in [2.24, 2.45) is 0 Å². The topological polar surface area (TPSA) is 113 Å². The number of H-pyrrole nitrogens is 1. The van der Waals surface area contributed by atoms with Gasteiger partial charge in [0.15, 0.2) is 5.72 Å². The number of carboxylic acid groups (broad SMARTS) is 1. The number of carbonyl (C=O) groups is 2. The molecule has 3 aromatic carbocycles. The lowest BCUT2D eigenvalue weighted by atomic mass is 9.93. The molecule has 0 saturated carbocycles. The molecule has 178 valence electrons. The summed E-state index contributed by atoms with van der Waals surface area (Å²) in [7, 11) is 5.33. The molecule has 5 rings (SSSR count). The van der Waals surface area contributed by atoms with Crippen LogP contribution in [0.3, 0.4) is 0 Å². The summed E-state index contributed by atoms with van der Waals surface area (Å²) >= 11 is 0. The number of imidazole rings is 1. The fraction of sp³-hybridized carbons (Fsp3) is 0.192. The number of hydrogen-bond donors (Lipinski definition) is 3. The molecule has 1 aliphatic rings. The molecule has 4 aromatic rings. The van der Waals surface area contributed by atoms with Crippen LogP contribution in [0.4, 0.5) is 16.4 Å². The molecule has 9 heteroatoms. The van der Waals surface area contributed by atoms with Crippen LogP contribution in [-0.4, -0.2) is 58.2 Å². The third-order valence-corrected chi connectivity index (χ3v) is 6.20. The molecule has 0 aliphatic carbocycles. The molecule has 0 saturated heterocycles. The van der Waals surface area contributed by atoms with Crippen LogP contribution in [0.2, 0.25) is 0 Å². The van der Waals surface area contributed by atoms with E-state index in [4.69, 9.17) is 0 Å². The minimum Gasteiger partial charge on any atom is -0.465 e. The van der Waals surface area contributed by atoms with Gasteiger partial charge in [-0.15, -0.1) is 0 Å². The van der Waals surface area contributed by atoms with E-state index in [1.165, 1.54) is 11.9 Å². The first-order chi connectivity index (χ1) is 16.7. The molecule has 0 radical (unpaired) electrons. The van der Waals surface area contributed by atoms with Crippen molar-refractivity contribution in [3.63, 3.8) is 0 Å². The average Bonchev–Trinajstić information content (AvgIpc) is 3.35. The fourth-order valence-electron chi connectivity index (χ4n) is 4.57. The average molecular weight is 472 g/mol. The first-order valence-electron chi connectivity index (χ1n) is 11.1. The van der Waals surface area contributed by atoms with Crippen molar-refractivity contribution in [3.8, 4) is 0 Å². The van der Waals surface area contributed by atoms with Crippen LogP contribution < -0.4 is 9.80 Å². The number of rotatable bonds is 5. The Balaban J connectivity index is 1.68. The molecule has 0 bridgehead atoms. The van der Waals surface area contributed by atoms with E-state index in [-0.39, 0.29) is 11.9 Å². The number of carbonyl (C=O) groups excluding carboxylic acids is 1. The molecule has 2 amide bonds. The van der Waals surface area contributed by atoms with E-state index >= 15 is 0 Å². The van der Waals surface area contributed by atoms with Crippen molar-refractivity contribution in [2.75, 3.05) is 30.9 Å². The molecule has 3 N–H and O–H groups in total. The van der Waals surface area contributed by atoms with Crippen molar-refractivity contribution in [1.82, 2.24) is 14.9 Å². The van der Waals surface area contributed by atoms with E-state index in [9.17, 15) is 19.8 Å². The Bertz CT molecular complexity index is 1460. The predicted octanol–water partition coefficient (Wildman–Crippen LogP) is 3.59. The molecule has 1 aliphatic heterocycles. The summed E-state index contributed by atoms with van der Waals surface area (Å²) in [6.07, 6.45) is -1.15. The molecule has 1 atom stereocenters. The van der Waals surface area contributed by atoms with Crippen LogP contribution in [0.5, 0.6) is 0 Å². The Morgan fingerprint density at radius 3 is 2.57 bits per heavy atom. The van der Waals surface area contributed by atoms with Gasteiger partial charge in [-0.1, -0.05) is 36.4 Å². The largest absolute Gasteiger partial charge is 0.465 e. The normalized spacial score (nSPS) is 17.3. The smallest absolute Gasteiger partial charge is 0.413 e. The van der Waals surface area contributed by atoms with Crippen molar-refractivity contribution in [1.29, 1.82) is 0 Å². The zero-order valence-corrected chi connectivity index (χ0v) is 19.6. The van der Waals surface area contributed by atoms with Crippen LogP contribution in [0.15, 0.2) is 66.7 Å². The van der Waals surface area contributed by atoms with E-state index < -0.39 is 11.8 Å². The number of nitrogens with one attached hydrogen (secondary N) is 1. The summed E-state index contributed by atoms with van der Waals surface area (Å²) in [5.74, 6) is -0.145. The highest BCUT2D eigenvalue weighted by molar-refractivity contribution is 6.12. The Kier molecular flexibility index (Phi) is 5.31. The number of aromatic amines is 1. The molecular formula is C26H25N5O4. The molecule has 1 aromatic heterocycles. The Labute approximate surface area is 201 Å². The van der Waals surface area contributed by atoms with Gasteiger partial charge in [0.1, 0.15) is 0 Å². The number of anilines is 2. The molecule has 0 spiro atoms. The highest BCUT2D eigenvalue weighted by Gasteiger charge is 2.50. The minimum atomic E-state index is -1.78. The number of hydrogen-bond acceptors (Lipinski definition) is 5. The maximum Gasteiger partial charge on any atom is 0.413 e. The third-order valence-electron chi connectivity index (χ3n) is 6.20. The van der Waals surface area contributed by atoms with Crippen LogP contribution >= 0.6 is 0 Å². The Morgan fingerprint density at radius 2 is 1.83 bits per heavy atom. The first-order valence-corrected chi connectivity index (χ1v) is 11.1. The van der Waals surface area contributed by atoms with E-state index in [1.54, 1.807) is 42.5 Å². The summed E-state index contributed by atoms with van der Waals surface area (Å²) in [4.78, 5) is 36.7. The summed E-state index contributed by atoms with van der Waals surface area (Å²) in [5.41, 5.74) is 2.23. The van der Waals surface area contributed by atoms with Gasteiger partial charge in [0.05, 0.1) is 11.0 Å². The summed E-state index contributed by atoms with van der Waals surface area (Å²) in [5, 5.41) is 21.6. The zero-order chi connectivity index (χ0) is 24.9. The summed E-state index contributed by atoms with van der Waals surface area (Å²) < 4.78 is 0. The van der Waals surface area contributed by atoms with Gasteiger partial charge in [0.25, 0.3) is 5.91 Å². The number of aromatic nitrogens is 2. The number of nitrogens with zero attached hydrogens (tertiary/aromatic N) is 4. The predicted molar refractivity (Wildman–Crippen MR) is 133 cm³/mol. The maximum atomic E-state index is 13.6. The van der Waals surface area contributed by atoms with Gasteiger partial charge in [-0.05, 0) is 50.0 Å². The van der Waals surface area contributed by atoms with Gasteiger partial charge in [-0.25, -0.2) is 9.78 Å². The molecular weight excluding hydrogens is 446 g/mol. The lowest BCUT2D eigenvalue weighted by molar-refractivity contribution is 0.0704. The van der Waals surface area contributed by atoms with Crippen LogP contribution in [-0.2, 0) is 12.3 Å². The van der Waals surface area contributed by atoms with Crippen LogP contribution in [0.25, 0.3) is 11.0 Å². The first kappa shape index (κ1) is 22.6. The standard InChI is InChI=1S/C26H25N5O4/c1-29(2)15-16-7-6-8-18(13-16)31-23(32)19-9-4-5-10-20(19)26(31,35)17-11-12-21-22(14-17)28-24(27-21)30(3)25(33)34/h4-14,35H,15H2,1-3H3,(H,27,28)(H,33,34). The highest BCUT2D eigenvalue weighted by atomic mass is 16.4. The molecule has 35 heavy (non-hydrogen) atoms. The number of amides is 2. The lowest BCUT2D eigenvalue weighted by Crippen LogP contribution is -2.45. The number of benzene rings is 3. The van der Waals surface area contributed by atoms with E-state index in [0.717, 1.165) is 10.5 Å². The van der Waals surface area contributed by atoms with Gasteiger partial charge in [0.2, 0.25) is 5.95 Å². The van der Waals surface area contributed by atoms with E-state index in [2.05, 4.69) is 9.97 Å². The second-order valence-electron chi connectivity index (χ2n) is 8.90. The van der Waals surface area contributed by atoms with Gasteiger partial charge in [0, 0.05) is 36.0 Å². The van der Waals surface area contributed by atoms with Gasteiger partial charge in [-0.2, -0.15) is 0 Å². The lowest BCUT2D eigenvalue weighted by Gasteiger charge is -2.35. The monoisotopic (exact) mass is 471 g/mol. The maximum absolute atomic E-state index is 13.6. The molecule has 1 unspecified atom stereocenters. The quantitative estimate of drug-likeness (QED) is 0.410. The molecule has 9 nitrogen and oxygen atoms in total. The SMILES string of the molecule is CN(C)Cc1cccc(N2C(=O)c3ccccc3C2(O)c2ccc3nc(N(C)C(=O)O)[nH]c3c2)c1. The van der Waals surface area contributed by atoms with Crippen molar-refractivity contribution >= 4 is 34.7 Å². The van der Waals surface area contributed by atoms with E-state index in [1.807, 2.05) is 43.3 Å². The fourth-order valence-corrected chi connectivity index (χ4v) is 4.57. The Morgan fingerprint density at radius 1 is 1.06 bits per heavy atom. The van der Waals surface area contributed by atoms with Gasteiger partial charge in [-0.3, -0.25) is 14.6 Å². The van der Waals surface area contributed by atoms with Crippen molar-refractivity contribution in [2.45, 2.75) is 12.3 Å². The molecule has 2 heterocycles. The van der Waals surface area contributed by atoms with Gasteiger partial charge < -0.3 is 20.1 Å². The zero-order valence-electron chi connectivity index (χ0n) is 19.6. The highest BCUT2D eigenvalue weighted by Crippen LogP contribution is 2.45. The third kappa shape index (κ3) is 3.61. The molecule has 0 fully saturated rings. The van der Waals surface area contributed by atoms with Crippen molar-refractivity contribution in [3.05, 3.63) is 89.0 Å². The second-order valence-corrected chi connectivity index (χ2v) is 8.90. The van der Waals surface area contributed by atoms with E-state index in [0.29, 0.717) is 40.0 Å². The van der Waals surface area contributed by atoms with Crippen molar-refractivity contribution < 1.29 is 19.8 Å². The number of fused-ring (bicyclic) bond motifs is 2. The van der Waals surface area contributed by atoms with Gasteiger partial charge >= 0.3 is 6.09 Å². The summed E-state index contributed by atoms with van der Waals surface area (Å²) in [6.45, 7) is 0.682. The van der Waals surface area contributed by atoms with Crippen LogP contribution in [0.1, 0.15) is 27.0 Å². The number of aliphatic hydroxyl groups is 1. The Hall–Kier alpha value is -4.21. The summed E-state index contributed by atoms with van der Waals surface area (Å²) in [6, 6.07) is 19.7. The minimum absolute atomic E-state index is 0.160.